The molecule has 1 aromatic rings. The highest BCUT2D eigenvalue weighted by Gasteiger charge is 2.36. The molecule has 1 unspecified atom stereocenters. The molecule has 4 heteroatoms. The molecule has 2 aliphatic rings. The van der Waals surface area contributed by atoms with Gasteiger partial charge in [0.15, 0.2) is 0 Å². The normalized spacial score (nSPS) is 21.4. The van der Waals surface area contributed by atoms with E-state index in [0.717, 1.165) is 36.8 Å². The van der Waals surface area contributed by atoms with Crippen molar-refractivity contribution in [2.75, 3.05) is 6.54 Å². The molecule has 1 saturated heterocycles. The molecule has 0 spiro atoms. The van der Waals surface area contributed by atoms with Crippen molar-refractivity contribution in [2.45, 2.75) is 51.6 Å². The number of hydrogen-bond acceptors (Lipinski definition) is 2. The van der Waals surface area contributed by atoms with Gasteiger partial charge in [-0.1, -0.05) is 17.2 Å². The second-order valence-electron chi connectivity index (χ2n) is 6.32. The summed E-state index contributed by atoms with van der Waals surface area (Å²) in [5.41, 5.74) is 2.85. The Morgan fingerprint density at radius 2 is 1.76 bits per heavy atom. The Hall–Kier alpha value is -1.84. The number of benzene rings is 1. The molecule has 1 heterocycles. The van der Waals surface area contributed by atoms with Crippen LogP contribution in [0.25, 0.3) is 0 Å². The highest BCUT2D eigenvalue weighted by molar-refractivity contribution is 5.98. The van der Waals surface area contributed by atoms with Gasteiger partial charge in [0.05, 0.1) is 0 Å². The molecule has 1 aromatic carbocycles. The van der Waals surface area contributed by atoms with Crippen LogP contribution in [0.1, 0.15) is 47.2 Å². The summed E-state index contributed by atoms with van der Waals surface area (Å²) in [7, 11) is 0. The predicted molar refractivity (Wildman–Crippen MR) is 81.1 cm³/mol. The summed E-state index contributed by atoms with van der Waals surface area (Å²) in [6.45, 7) is 4.66. The number of likely N-dealkylation sites (tertiary alicyclic amines) is 1. The van der Waals surface area contributed by atoms with E-state index in [2.05, 4.69) is 11.4 Å². The number of nitrogens with one attached hydrogen (secondary N) is 1. The number of carbonyl (C=O) groups is 2. The molecule has 1 aliphatic carbocycles. The van der Waals surface area contributed by atoms with E-state index in [1.54, 1.807) is 4.90 Å². The molecule has 0 aromatic heterocycles. The smallest absolute Gasteiger partial charge is 0.254 e. The highest BCUT2D eigenvalue weighted by atomic mass is 16.2. The third kappa shape index (κ3) is 3.09. The average Bonchev–Trinajstić information content (AvgIpc) is 3.09. The van der Waals surface area contributed by atoms with Crippen LogP contribution in [-0.4, -0.2) is 35.3 Å². The summed E-state index contributed by atoms with van der Waals surface area (Å²) in [5.74, 6) is 0.00275. The summed E-state index contributed by atoms with van der Waals surface area (Å²) in [6, 6.07) is 5.92. The Bertz CT molecular complexity index is 558. The van der Waals surface area contributed by atoms with E-state index in [0.29, 0.717) is 18.2 Å². The van der Waals surface area contributed by atoms with Gasteiger partial charge in [-0.25, -0.2) is 0 Å². The van der Waals surface area contributed by atoms with Crippen LogP contribution in [-0.2, 0) is 4.79 Å². The summed E-state index contributed by atoms with van der Waals surface area (Å²) < 4.78 is 0. The van der Waals surface area contributed by atoms with Gasteiger partial charge < -0.3 is 10.2 Å². The zero-order valence-electron chi connectivity index (χ0n) is 12.7. The Kier molecular flexibility index (Phi) is 3.70. The SMILES string of the molecule is Cc1cc(C)cc(C(=O)N2CCCC2C(=O)NC2CC2)c1. The number of nitrogens with zero attached hydrogens (tertiary/aromatic N) is 1. The largest absolute Gasteiger partial charge is 0.352 e. The number of rotatable bonds is 3. The lowest BCUT2D eigenvalue weighted by molar-refractivity contribution is -0.125. The maximum absolute atomic E-state index is 12.7. The van der Waals surface area contributed by atoms with Crippen molar-refractivity contribution in [2.24, 2.45) is 0 Å². The molecule has 1 aliphatic heterocycles. The van der Waals surface area contributed by atoms with Crippen molar-refractivity contribution in [3.63, 3.8) is 0 Å². The standard InChI is InChI=1S/C17H22N2O2/c1-11-8-12(2)10-13(9-11)17(21)19-7-3-4-15(19)16(20)18-14-5-6-14/h8-10,14-15H,3-7H2,1-2H3,(H,18,20). The Balaban J connectivity index is 1.77. The van der Waals surface area contributed by atoms with Gasteiger partial charge >= 0.3 is 0 Å². The molecule has 1 atom stereocenters. The van der Waals surface area contributed by atoms with E-state index in [-0.39, 0.29) is 17.9 Å². The number of carbonyl (C=O) groups excluding carboxylic acids is 2. The van der Waals surface area contributed by atoms with Crippen molar-refractivity contribution < 1.29 is 9.59 Å². The minimum absolute atomic E-state index is 0.0183. The monoisotopic (exact) mass is 286 g/mol. The van der Waals surface area contributed by atoms with E-state index in [9.17, 15) is 9.59 Å². The molecule has 2 fully saturated rings. The lowest BCUT2D eigenvalue weighted by Crippen LogP contribution is -2.46. The second kappa shape index (κ2) is 5.51. The van der Waals surface area contributed by atoms with E-state index < -0.39 is 0 Å². The first-order valence-electron chi connectivity index (χ1n) is 7.74. The molecule has 21 heavy (non-hydrogen) atoms. The summed E-state index contributed by atoms with van der Waals surface area (Å²) >= 11 is 0. The van der Waals surface area contributed by atoms with E-state index in [1.165, 1.54) is 0 Å². The van der Waals surface area contributed by atoms with Crippen molar-refractivity contribution >= 4 is 11.8 Å². The summed E-state index contributed by atoms with van der Waals surface area (Å²) in [4.78, 5) is 26.7. The molecule has 4 nitrogen and oxygen atoms in total. The number of hydrogen-bond donors (Lipinski definition) is 1. The first kappa shape index (κ1) is 14.1. The molecule has 112 valence electrons. The van der Waals surface area contributed by atoms with Gasteiger partial charge in [0.25, 0.3) is 5.91 Å². The summed E-state index contributed by atoms with van der Waals surface area (Å²) in [5, 5.41) is 3.02. The van der Waals surface area contributed by atoms with E-state index in [1.807, 2.05) is 26.0 Å². The minimum atomic E-state index is -0.293. The minimum Gasteiger partial charge on any atom is -0.352 e. The van der Waals surface area contributed by atoms with Crippen molar-refractivity contribution in [1.29, 1.82) is 0 Å². The molecular weight excluding hydrogens is 264 g/mol. The third-order valence-corrected chi connectivity index (χ3v) is 4.21. The lowest BCUT2D eigenvalue weighted by Gasteiger charge is -2.24. The molecular formula is C17H22N2O2. The third-order valence-electron chi connectivity index (χ3n) is 4.21. The van der Waals surface area contributed by atoms with Gasteiger partial charge in [-0.05, 0) is 51.7 Å². The van der Waals surface area contributed by atoms with Gasteiger partial charge in [-0.2, -0.15) is 0 Å². The maximum atomic E-state index is 12.7. The van der Waals surface area contributed by atoms with Crippen molar-refractivity contribution in [3.8, 4) is 0 Å². The van der Waals surface area contributed by atoms with E-state index >= 15 is 0 Å². The van der Waals surface area contributed by atoms with Gasteiger partial charge in [0.1, 0.15) is 6.04 Å². The van der Waals surface area contributed by atoms with Crippen molar-refractivity contribution in [3.05, 3.63) is 34.9 Å². The lowest BCUT2D eigenvalue weighted by atomic mass is 10.1. The van der Waals surface area contributed by atoms with Crippen LogP contribution in [0, 0.1) is 13.8 Å². The fourth-order valence-electron chi connectivity index (χ4n) is 3.07. The highest BCUT2D eigenvalue weighted by Crippen LogP contribution is 2.24. The first-order chi connectivity index (χ1) is 10.0. The van der Waals surface area contributed by atoms with Crippen molar-refractivity contribution in [1.82, 2.24) is 10.2 Å². The zero-order chi connectivity index (χ0) is 15.0. The topological polar surface area (TPSA) is 49.4 Å². The molecule has 0 radical (unpaired) electrons. The Labute approximate surface area is 125 Å². The van der Waals surface area contributed by atoms with Crippen LogP contribution in [0.3, 0.4) is 0 Å². The van der Waals surface area contributed by atoms with Gasteiger partial charge in [0.2, 0.25) is 5.91 Å². The van der Waals surface area contributed by atoms with Gasteiger partial charge in [-0.3, -0.25) is 9.59 Å². The second-order valence-corrected chi connectivity index (χ2v) is 6.32. The number of aryl methyl sites for hydroxylation is 2. The predicted octanol–water partition coefficient (Wildman–Crippen LogP) is 2.19. The Morgan fingerprint density at radius 3 is 2.38 bits per heavy atom. The van der Waals surface area contributed by atoms with Crippen LogP contribution in [0.2, 0.25) is 0 Å². The van der Waals surface area contributed by atoms with Crippen LogP contribution in [0.5, 0.6) is 0 Å². The quantitative estimate of drug-likeness (QED) is 0.926. The van der Waals surface area contributed by atoms with E-state index in [4.69, 9.17) is 0 Å². The van der Waals surface area contributed by atoms with Crippen LogP contribution in [0.15, 0.2) is 18.2 Å². The van der Waals surface area contributed by atoms with Gasteiger partial charge in [0, 0.05) is 18.2 Å². The average molecular weight is 286 g/mol. The number of amides is 2. The van der Waals surface area contributed by atoms with Gasteiger partial charge in [-0.15, -0.1) is 0 Å². The molecule has 1 saturated carbocycles. The van der Waals surface area contributed by atoms with Crippen LogP contribution in [0.4, 0.5) is 0 Å². The molecule has 1 N–H and O–H groups in total. The van der Waals surface area contributed by atoms with Crippen LogP contribution >= 0.6 is 0 Å². The molecule has 2 amide bonds. The molecule has 3 rings (SSSR count). The van der Waals surface area contributed by atoms with Crippen LogP contribution < -0.4 is 5.32 Å². The fraction of sp³-hybridized carbons (Fsp3) is 0.529. The zero-order valence-corrected chi connectivity index (χ0v) is 12.7. The Morgan fingerprint density at radius 1 is 1.10 bits per heavy atom. The molecule has 0 bridgehead atoms. The summed E-state index contributed by atoms with van der Waals surface area (Å²) in [6.07, 6.45) is 3.82. The fourth-order valence-corrected chi connectivity index (χ4v) is 3.07. The first-order valence-corrected chi connectivity index (χ1v) is 7.74. The maximum Gasteiger partial charge on any atom is 0.254 e.